The molecule has 0 saturated heterocycles. The Bertz CT molecular complexity index is 497. The van der Waals surface area contributed by atoms with Crippen molar-refractivity contribution in [1.82, 2.24) is 0 Å². The average Bonchev–Trinajstić information content (AvgIpc) is 2.45. The van der Waals surface area contributed by atoms with Crippen LogP contribution in [0, 0.1) is 10.5 Å². The van der Waals surface area contributed by atoms with Gasteiger partial charge in [0.05, 0.1) is 12.0 Å². The number of amides is 1. The van der Waals surface area contributed by atoms with Crippen LogP contribution in [0.25, 0.3) is 0 Å². The fourth-order valence-electron chi connectivity index (χ4n) is 2.71. The Labute approximate surface area is 122 Å². The first-order chi connectivity index (χ1) is 8.39. The summed E-state index contributed by atoms with van der Waals surface area (Å²) in [5.41, 5.74) is 2.96. The van der Waals surface area contributed by atoms with Gasteiger partial charge >= 0.3 is 0 Å². The number of fused-ring (bicyclic) bond motifs is 1. The zero-order chi connectivity index (χ0) is 13.5. The quantitative estimate of drug-likeness (QED) is 0.777. The van der Waals surface area contributed by atoms with Gasteiger partial charge in [0.2, 0.25) is 5.91 Å². The molecule has 0 saturated carbocycles. The van der Waals surface area contributed by atoms with E-state index in [1.807, 2.05) is 18.7 Å². The Morgan fingerprint density at radius 2 is 2.06 bits per heavy atom. The van der Waals surface area contributed by atoms with Crippen LogP contribution in [-0.2, 0) is 14.9 Å². The van der Waals surface area contributed by atoms with Gasteiger partial charge in [-0.2, -0.15) is 0 Å². The SMILES string of the molecule is COCCN1C(=O)C(C)(C)c2c(C)cc(I)cc21. The van der Waals surface area contributed by atoms with Crippen molar-refractivity contribution < 1.29 is 9.53 Å². The van der Waals surface area contributed by atoms with Crippen LogP contribution in [0.5, 0.6) is 0 Å². The van der Waals surface area contributed by atoms with E-state index in [1.54, 1.807) is 7.11 Å². The van der Waals surface area contributed by atoms with Gasteiger partial charge in [-0.25, -0.2) is 0 Å². The van der Waals surface area contributed by atoms with Gasteiger partial charge in [-0.1, -0.05) is 0 Å². The lowest BCUT2D eigenvalue weighted by Crippen LogP contribution is -2.38. The molecule has 1 amide bonds. The van der Waals surface area contributed by atoms with Gasteiger partial charge in [0.25, 0.3) is 0 Å². The number of hydrogen-bond acceptors (Lipinski definition) is 2. The number of nitrogens with zero attached hydrogens (tertiary/aromatic N) is 1. The summed E-state index contributed by atoms with van der Waals surface area (Å²) in [5.74, 6) is 0.166. The highest BCUT2D eigenvalue weighted by atomic mass is 127. The topological polar surface area (TPSA) is 29.5 Å². The number of hydrogen-bond donors (Lipinski definition) is 0. The molecule has 2 rings (SSSR count). The number of carbonyl (C=O) groups is 1. The third-order valence-electron chi connectivity index (χ3n) is 3.49. The van der Waals surface area contributed by atoms with Crippen LogP contribution >= 0.6 is 22.6 Å². The Morgan fingerprint density at radius 3 is 2.67 bits per heavy atom. The Kier molecular flexibility index (Phi) is 3.69. The number of aryl methyl sites for hydroxylation is 1. The highest BCUT2D eigenvalue weighted by Crippen LogP contribution is 2.44. The fourth-order valence-corrected chi connectivity index (χ4v) is 3.47. The van der Waals surface area contributed by atoms with Gasteiger partial charge in [-0.05, 0) is 66.6 Å². The van der Waals surface area contributed by atoms with Crippen LogP contribution in [0.3, 0.4) is 0 Å². The van der Waals surface area contributed by atoms with Crippen LogP contribution in [0.15, 0.2) is 12.1 Å². The van der Waals surface area contributed by atoms with Gasteiger partial charge in [-0.3, -0.25) is 4.79 Å². The smallest absolute Gasteiger partial charge is 0.237 e. The molecule has 1 aromatic rings. The van der Waals surface area contributed by atoms with E-state index in [0.29, 0.717) is 13.2 Å². The number of carbonyl (C=O) groups excluding carboxylic acids is 1. The summed E-state index contributed by atoms with van der Waals surface area (Å²) in [7, 11) is 1.66. The molecule has 0 fully saturated rings. The molecule has 1 aliphatic rings. The molecule has 18 heavy (non-hydrogen) atoms. The van der Waals surface area contributed by atoms with Gasteiger partial charge in [0.15, 0.2) is 0 Å². The van der Waals surface area contributed by atoms with Crippen LogP contribution in [0.1, 0.15) is 25.0 Å². The lowest BCUT2D eigenvalue weighted by Gasteiger charge is -2.20. The standard InChI is InChI=1S/C14H18INO2/c1-9-7-10(15)8-11-12(9)14(2,3)13(17)16(11)5-6-18-4/h7-8H,5-6H2,1-4H3. The zero-order valence-corrected chi connectivity index (χ0v) is 13.4. The van der Waals surface area contributed by atoms with Crippen molar-refractivity contribution in [2.75, 3.05) is 25.2 Å². The first kappa shape index (κ1) is 13.8. The van der Waals surface area contributed by atoms with E-state index >= 15 is 0 Å². The van der Waals surface area contributed by atoms with Gasteiger partial charge in [-0.15, -0.1) is 0 Å². The number of ether oxygens (including phenoxy) is 1. The van der Waals surface area contributed by atoms with Crippen molar-refractivity contribution >= 4 is 34.2 Å². The summed E-state index contributed by atoms with van der Waals surface area (Å²) >= 11 is 2.30. The summed E-state index contributed by atoms with van der Waals surface area (Å²) < 4.78 is 6.26. The number of methoxy groups -OCH3 is 1. The van der Waals surface area contributed by atoms with Crippen molar-refractivity contribution in [2.24, 2.45) is 0 Å². The lowest BCUT2D eigenvalue weighted by molar-refractivity contribution is -0.122. The highest BCUT2D eigenvalue weighted by Gasteiger charge is 2.44. The van der Waals surface area contributed by atoms with Crippen molar-refractivity contribution in [3.05, 3.63) is 26.8 Å². The maximum absolute atomic E-state index is 12.5. The third-order valence-corrected chi connectivity index (χ3v) is 4.12. The molecule has 0 N–H and O–H groups in total. The molecule has 1 aliphatic heterocycles. The zero-order valence-electron chi connectivity index (χ0n) is 11.2. The maximum atomic E-state index is 12.5. The number of anilines is 1. The summed E-state index contributed by atoms with van der Waals surface area (Å²) in [6, 6.07) is 4.22. The minimum atomic E-state index is -0.433. The first-order valence-electron chi connectivity index (χ1n) is 6.01. The first-order valence-corrected chi connectivity index (χ1v) is 7.09. The van der Waals surface area contributed by atoms with Crippen LogP contribution in [0.2, 0.25) is 0 Å². The molecule has 0 radical (unpaired) electrons. The predicted molar refractivity (Wildman–Crippen MR) is 81.2 cm³/mol. The Balaban J connectivity index is 2.54. The lowest BCUT2D eigenvalue weighted by atomic mass is 9.83. The molecule has 0 unspecified atom stereocenters. The largest absolute Gasteiger partial charge is 0.383 e. The molecule has 4 heteroatoms. The maximum Gasteiger partial charge on any atom is 0.237 e. The van der Waals surface area contributed by atoms with Gasteiger partial charge in [0.1, 0.15) is 0 Å². The van der Waals surface area contributed by atoms with Crippen LogP contribution in [0.4, 0.5) is 5.69 Å². The molecular weight excluding hydrogens is 341 g/mol. The molecule has 3 nitrogen and oxygen atoms in total. The normalized spacial score (nSPS) is 17.2. The predicted octanol–water partition coefficient (Wildman–Crippen LogP) is 2.87. The average molecular weight is 359 g/mol. The van der Waals surface area contributed by atoms with E-state index in [-0.39, 0.29) is 5.91 Å². The molecule has 0 spiro atoms. The monoisotopic (exact) mass is 359 g/mol. The van der Waals surface area contributed by atoms with E-state index in [1.165, 1.54) is 5.56 Å². The minimum absolute atomic E-state index is 0.166. The molecule has 0 atom stereocenters. The van der Waals surface area contributed by atoms with E-state index < -0.39 is 5.41 Å². The Morgan fingerprint density at radius 1 is 1.39 bits per heavy atom. The summed E-state index contributed by atoms with van der Waals surface area (Å²) in [5, 5.41) is 0. The van der Waals surface area contributed by atoms with E-state index in [0.717, 1.165) is 14.8 Å². The summed E-state index contributed by atoms with van der Waals surface area (Å²) in [4.78, 5) is 14.4. The second-order valence-electron chi connectivity index (χ2n) is 5.19. The van der Waals surface area contributed by atoms with Crippen molar-refractivity contribution in [3.8, 4) is 0 Å². The molecule has 1 heterocycles. The third kappa shape index (κ3) is 2.05. The minimum Gasteiger partial charge on any atom is -0.383 e. The van der Waals surface area contributed by atoms with Crippen molar-refractivity contribution in [3.63, 3.8) is 0 Å². The van der Waals surface area contributed by atoms with E-state index in [4.69, 9.17) is 4.74 Å². The molecule has 98 valence electrons. The van der Waals surface area contributed by atoms with E-state index in [2.05, 4.69) is 41.6 Å². The molecule has 1 aromatic carbocycles. The number of benzene rings is 1. The van der Waals surface area contributed by atoms with Crippen LogP contribution < -0.4 is 4.90 Å². The molecular formula is C14H18INO2. The van der Waals surface area contributed by atoms with Crippen molar-refractivity contribution in [1.29, 1.82) is 0 Å². The number of rotatable bonds is 3. The molecule has 0 aromatic heterocycles. The van der Waals surface area contributed by atoms with E-state index in [9.17, 15) is 4.79 Å². The summed E-state index contributed by atoms with van der Waals surface area (Å²) in [6.45, 7) is 7.26. The molecule has 0 bridgehead atoms. The second-order valence-corrected chi connectivity index (χ2v) is 6.44. The highest BCUT2D eigenvalue weighted by molar-refractivity contribution is 14.1. The summed E-state index contributed by atoms with van der Waals surface area (Å²) in [6.07, 6.45) is 0. The Hall–Kier alpha value is -0.620. The number of halogens is 1. The van der Waals surface area contributed by atoms with Crippen molar-refractivity contribution in [2.45, 2.75) is 26.2 Å². The van der Waals surface area contributed by atoms with Gasteiger partial charge in [0, 0.05) is 22.9 Å². The van der Waals surface area contributed by atoms with Gasteiger partial charge < -0.3 is 9.64 Å². The fraction of sp³-hybridized carbons (Fsp3) is 0.500. The second kappa shape index (κ2) is 4.81. The van der Waals surface area contributed by atoms with Crippen LogP contribution in [-0.4, -0.2) is 26.2 Å². The molecule has 0 aliphatic carbocycles.